The van der Waals surface area contributed by atoms with Crippen LogP contribution in [0.2, 0.25) is 0 Å². The van der Waals surface area contributed by atoms with Gasteiger partial charge in [-0.25, -0.2) is 0 Å². The highest BCUT2D eigenvalue weighted by atomic mass is 16.2. The molecular formula is C18H26N4O. The van der Waals surface area contributed by atoms with Crippen molar-refractivity contribution in [3.63, 3.8) is 0 Å². The molecule has 1 amide bonds. The molecule has 1 aliphatic carbocycles. The van der Waals surface area contributed by atoms with Crippen LogP contribution in [-0.4, -0.2) is 32.1 Å². The van der Waals surface area contributed by atoms with Gasteiger partial charge in [0.25, 0.3) is 0 Å². The molecule has 5 nitrogen and oxygen atoms in total. The van der Waals surface area contributed by atoms with E-state index in [2.05, 4.69) is 31.8 Å². The Morgan fingerprint density at radius 3 is 2.96 bits per heavy atom. The third-order valence-corrected chi connectivity index (χ3v) is 5.56. The number of amides is 1. The number of fused-ring (bicyclic) bond motifs is 1. The summed E-state index contributed by atoms with van der Waals surface area (Å²) in [6.45, 7) is 1.89. The SMILES string of the molecule is O=C(CC1C=CCC1)N1CCCC1c1nnc2n1CCCCC2. The molecule has 3 aliphatic rings. The van der Waals surface area contributed by atoms with Gasteiger partial charge in [-0.2, -0.15) is 0 Å². The van der Waals surface area contributed by atoms with Gasteiger partial charge < -0.3 is 9.47 Å². The molecule has 124 valence electrons. The van der Waals surface area contributed by atoms with Gasteiger partial charge in [0.2, 0.25) is 5.91 Å². The van der Waals surface area contributed by atoms with Crippen LogP contribution in [0.4, 0.5) is 0 Å². The van der Waals surface area contributed by atoms with Crippen molar-refractivity contribution in [2.24, 2.45) is 5.92 Å². The van der Waals surface area contributed by atoms with Gasteiger partial charge in [-0.3, -0.25) is 4.79 Å². The van der Waals surface area contributed by atoms with E-state index in [0.717, 1.165) is 56.8 Å². The summed E-state index contributed by atoms with van der Waals surface area (Å²) >= 11 is 0. The van der Waals surface area contributed by atoms with E-state index in [1.54, 1.807) is 0 Å². The number of rotatable bonds is 3. The summed E-state index contributed by atoms with van der Waals surface area (Å²) in [6, 6.07) is 0.146. The molecular weight excluding hydrogens is 288 g/mol. The van der Waals surface area contributed by atoms with E-state index in [9.17, 15) is 4.79 Å². The second kappa shape index (κ2) is 6.46. The van der Waals surface area contributed by atoms with Gasteiger partial charge >= 0.3 is 0 Å². The molecule has 2 aliphatic heterocycles. The normalized spacial score (nSPS) is 27.2. The Hall–Kier alpha value is -1.65. The van der Waals surface area contributed by atoms with Crippen LogP contribution < -0.4 is 0 Å². The van der Waals surface area contributed by atoms with E-state index >= 15 is 0 Å². The Balaban J connectivity index is 1.52. The van der Waals surface area contributed by atoms with Crippen LogP contribution in [-0.2, 0) is 17.8 Å². The largest absolute Gasteiger partial charge is 0.332 e. The number of carbonyl (C=O) groups is 1. The predicted molar refractivity (Wildman–Crippen MR) is 87.7 cm³/mol. The van der Waals surface area contributed by atoms with E-state index in [0.29, 0.717) is 18.2 Å². The molecule has 2 atom stereocenters. The summed E-state index contributed by atoms with van der Waals surface area (Å²) in [5, 5.41) is 8.91. The van der Waals surface area contributed by atoms with Crippen LogP contribution in [0.1, 0.15) is 69.1 Å². The maximum Gasteiger partial charge on any atom is 0.223 e. The van der Waals surface area contributed by atoms with E-state index in [4.69, 9.17) is 0 Å². The average Bonchev–Trinajstić information content (AvgIpc) is 3.26. The number of aryl methyl sites for hydroxylation is 1. The molecule has 0 spiro atoms. The number of aromatic nitrogens is 3. The van der Waals surface area contributed by atoms with Gasteiger partial charge in [0, 0.05) is 25.9 Å². The zero-order valence-corrected chi connectivity index (χ0v) is 13.8. The number of hydrogen-bond acceptors (Lipinski definition) is 3. The third-order valence-electron chi connectivity index (χ3n) is 5.56. The lowest BCUT2D eigenvalue weighted by molar-refractivity contribution is -0.133. The highest BCUT2D eigenvalue weighted by molar-refractivity contribution is 5.77. The molecule has 1 aromatic heterocycles. The summed E-state index contributed by atoms with van der Waals surface area (Å²) in [7, 11) is 0. The van der Waals surface area contributed by atoms with Crippen LogP contribution in [0.15, 0.2) is 12.2 Å². The number of hydrogen-bond donors (Lipinski definition) is 0. The number of allylic oxidation sites excluding steroid dienone is 2. The van der Waals surface area contributed by atoms with Crippen molar-refractivity contribution < 1.29 is 4.79 Å². The fourth-order valence-electron chi connectivity index (χ4n) is 4.29. The number of nitrogens with zero attached hydrogens (tertiary/aromatic N) is 4. The number of likely N-dealkylation sites (tertiary alicyclic amines) is 1. The quantitative estimate of drug-likeness (QED) is 0.806. The van der Waals surface area contributed by atoms with Crippen LogP contribution in [0.25, 0.3) is 0 Å². The molecule has 4 rings (SSSR count). The van der Waals surface area contributed by atoms with Crippen molar-refractivity contribution in [2.75, 3.05) is 6.54 Å². The third kappa shape index (κ3) is 2.93. The molecule has 0 radical (unpaired) electrons. The standard InChI is InChI=1S/C18H26N4O/c23-17(13-14-7-3-4-8-14)21-12-6-9-15(21)18-20-19-16-10-2-1-5-11-22(16)18/h3,7,14-15H,1-2,4-6,8-13H2. The number of carbonyl (C=O) groups excluding carboxylic acids is 1. The molecule has 1 saturated heterocycles. The molecule has 0 aromatic carbocycles. The van der Waals surface area contributed by atoms with Crippen LogP contribution in [0.3, 0.4) is 0 Å². The van der Waals surface area contributed by atoms with Crippen LogP contribution in [0.5, 0.6) is 0 Å². The van der Waals surface area contributed by atoms with Crippen LogP contribution in [0, 0.1) is 5.92 Å². The van der Waals surface area contributed by atoms with Gasteiger partial charge in [-0.1, -0.05) is 18.6 Å². The van der Waals surface area contributed by atoms with Gasteiger partial charge in [0.15, 0.2) is 5.82 Å². The predicted octanol–water partition coefficient (Wildman–Crippen LogP) is 3.02. The molecule has 0 N–H and O–H groups in total. The van der Waals surface area contributed by atoms with Crippen molar-refractivity contribution in [3.8, 4) is 0 Å². The highest BCUT2D eigenvalue weighted by Gasteiger charge is 2.34. The first kappa shape index (κ1) is 14.9. The first-order valence-corrected chi connectivity index (χ1v) is 9.21. The molecule has 5 heteroatoms. The smallest absolute Gasteiger partial charge is 0.223 e. The zero-order valence-electron chi connectivity index (χ0n) is 13.8. The summed E-state index contributed by atoms with van der Waals surface area (Å²) in [4.78, 5) is 14.9. The molecule has 0 saturated carbocycles. The Morgan fingerprint density at radius 2 is 2.09 bits per heavy atom. The minimum atomic E-state index is 0.146. The summed E-state index contributed by atoms with van der Waals surface area (Å²) in [5.74, 6) is 2.90. The van der Waals surface area contributed by atoms with Crippen molar-refractivity contribution in [3.05, 3.63) is 23.8 Å². The van der Waals surface area contributed by atoms with Gasteiger partial charge in [-0.15, -0.1) is 10.2 Å². The van der Waals surface area contributed by atoms with E-state index in [-0.39, 0.29) is 6.04 Å². The molecule has 1 aromatic rings. The Labute approximate surface area is 137 Å². The molecule has 3 heterocycles. The lowest BCUT2D eigenvalue weighted by Crippen LogP contribution is -2.33. The van der Waals surface area contributed by atoms with Gasteiger partial charge in [0.05, 0.1) is 6.04 Å². The second-order valence-corrected chi connectivity index (χ2v) is 7.15. The van der Waals surface area contributed by atoms with Crippen molar-refractivity contribution in [2.45, 2.75) is 70.4 Å². The molecule has 23 heavy (non-hydrogen) atoms. The molecule has 1 fully saturated rings. The average molecular weight is 314 g/mol. The fourth-order valence-corrected chi connectivity index (χ4v) is 4.29. The first-order valence-electron chi connectivity index (χ1n) is 9.21. The Morgan fingerprint density at radius 1 is 1.13 bits per heavy atom. The monoisotopic (exact) mass is 314 g/mol. The Kier molecular flexibility index (Phi) is 4.19. The van der Waals surface area contributed by atoms with Crippen LogP contribution >= 0.6 is 0 Å². The second-order valence-electron chi connectivity index (χ2n) is 7.15. The molecule has 0 bridgehead atoms. The lowest BCUT2D eigenvalue weighted by Gasteiger charge is -2.25. The van der Waals surface area contributed by atoms with Crippen molar-refractivity contribution >= 4 is 5.91 Å². The van der Waals surface area contributed by atoms with E-state index < -0.39 is 0 Å². The summed E-state index contributed by atoms with van der Waals surface area (Å²) in [6.07, 6.45) is 14.2. The lowest BCUT2D eigenvalue weighted by atomic mass is 10.0. The highest BCUT2D eigenvalue weighted by Crippen LogP contribution is 2.34. The Bertz CT molecular complexity index is 606. The minimum absolute atomic E-state index is 0.146. The van der Waals surface area contributed by atoms with Crippen molar-refractivity contribution in [1.82, 2.24) is 19.7 Å². The molecule has 2 unspecified atom stereocenters. The van der Waals surface area contributed by atoms with Crippen molar-refractivity contribution in [1.29, 1.82) is 0 Å². The summed E-state index contributed by atoms with van der Waals surface area (Å²) < 4.78 is 2.30. The summed E-state index contributed by atoms with van der Waals surface area (Å²) in [5.41, 5.74) is 0. The van der Waals surface area contributed by atoms with E-state index in [1.807, 2.05) is 0 Å². The fraction of sp³-hybridized carbons (Fsp3) is 0.722. The minimum Gasteiger partial charge on any atom is -0.332 e. The van der Waals surface area contributed by atoms with E-state index in [1.165, 1.54) is 19.3 Å². The maximum atomic E-state index is 12.8. The maximum absolute atomic E-state index is 12.8. The van der Waals surface area contributed by atoms with Gasteiger partial charge in [0.1, 0.15) is 5.82 Å². The van der Waals surface area contributed by atoms with Gasteiger partial charge in [-0.05, 0) is 44.4 Å². The topological polar surface area (TPSA) is 51.0 Å². The zero-order chi connectivity index (χ0) is 15.6. The first-order chi connectivity index (χ1) is 11.3.